The van der Waals surface area contributed by atoms with Crippen molar-refractivity contribution in [3.63, 3.8) is 0 Å². The Morgan fingerprint density at radius 1 is 1.05 bits per heavy atom. The second-order valence-corrected chi connectivity index (χ2v) is 5.13. The summed E-state index contributed by atoms with van der Waals surface area (Å²) in [7, 11) is 0. The predicted octanol–water partition coefficient (Wildman–Crippen LogP) is 4.67. The molecule has 110 valence electrons. The number of hydrogen-bond acceptors (Lipinski definition) is 2. The highest BCUT2D eigenvalue weighted by molar-refractivity contribution is 5.20. The first kappa shape index (κ1) is 18.0. The summed E-state index contributed by atoms with van der Waals surface area (Å²) < 4.78 is 5.11. The molecule has 0 atom stereocenters. The minimum absolute atomic E-state index is 0.0644. The Labute approximate surface area is 118 Å². The molecule has 0 radical (unpaired) electrons. The summed E-state index contributed by atoms with van der Waals surface area (Å²) in [5.74, 6) is 1.71. The fourth-order valence-electron chi connectivity index (χ4n) is 1.66. The molecular formula is C17H30O2. The predicted molar refractivity (Wildman–Crippen MR) is 82.6 cm³/mol. The fraction of sp³-hybridized carbons (Fsp3) is 0.647. The highest BCUT2D eigenvalue weighted by Gasteiger charge is 1.92. The zero-order chi connectivity index (χ0) is 14.3. The Hall–Kier alpha value is -1.02. The molecule has 1 rings (SSSR count). The van der Waals surface area contributed by atoms with Crippen LogP contribution in [0.1, 0.15) is 52.9 Å². The van der Waals surface area contributed by atoms with Crippen molar-refractivity contribution in [2.24, 2.45) is 5.92 Å². The van der Waals surface area contributed by atoms with Crippen LogP contribution in [0.25, 0.3) is 0 Å². The topological polar surface area (TPSA) is 29.5 Å². The summed E-state index contributed by atoms with van der Waals surface area (Å²) in [5, 5.41) is 8.40. The molecule has 0 saturated carbocycles. The monoisotopic (exact) mass is 266 g/mol. The van der Waals surface area contributed by atoms with Crippen molar-refractivity contribution in [3.05, 3.63) is 30.3 Å². The van der Waals surface area contributed by atoms with Crippen LogP contribution in [0.4, 0.5) is 0 Å². The van der Waals surface area contributed by atoms with E-state index in [1.165, 1.54) is 32.1 Å². The zero-order valence-corrected chi connectivity index (χ0v) is 12.8. The third-order valence-electron chi connectivity index (χ3n) is 2.74. The van der Waals surface area contributed by atoms with Crippen molar-refractivity contribution in [2.45, 2.75) is 52.9 Å². The molecule has 0 saturated heterocycles. The Kier molecular flexibility index (Phi) is 12.7. The van der Waals surface area contributed by atoms with Crippen molar-refractivity contribution < 1.29 is 9.84 Å². The van der Waals surface area contributed by atoms with Crippen LogP contribution in [-0.2, 0) is 0 Å². The van der Waals surface area contributed by atoms with Crippen molar-refractivity contribution >= 4 is 0 Å². The molecule has 0 fully saturated rings. The molecule has 0 unspecified atom stereocenters. The molecule has 2 nitrogen and oxygen atoms in total. The van der Waals surface area contributed by atoms with Crippen LogP contribution < -0.4 is 4.74 Å². The maximum Gasteiger partial charge on any atom is 0.119 e. The van der Waals surface area contributed by atoms with Crippen molar-refractivity contribution in [3.8, 4) is 5.75 Å². The molecule has 1 aromatic rings. The smallest absolute Gasteiger partial charge is 0.119 e. The fourth-order valence-corrected chi connectivity index (χ4v) is 1.66. The van der Waals surface area contributed by atoms with Gasteiger partial charge in [0.25, 0.3) is 0 Å². The van der Waals surface area contributed by atoms with E-state index in [-0.39, 0.29) is 6.61 Å². The van der Waals surface area contributed by atoms with E-state index in [0.29, 0.717) is 6.61 Å². The maximum atomic E-state index is 8.40. The van der Waals surface area contributed by atoms with Crippen molar-refractivity contribution in [2.75, 3.05) is 13.2 Å². The van der Waals surface area contributed by atoms with Gasteiger partial charge in [-0.1, -0.05) is 71.1 Å². The Balaban J connectivity index is 0.000000344. The van der Waals surface area contributed by atoms with E-state index < -0.39 is 0 Å². The quantitative estimate of drug-likeness (QED) is 0.693. The van der Waals surface area contributed by atoms with Crippen molar-refractivity contribution in [1.29, 1.82) is 0 Å². The number of para-hydroxylation sites is 1. The summed E-state index contributed by atoms with van der Waals surface area (Å²) >= 11 is 0. The first-order valence-corrected chi connectivity index (χ1v) is 7.49. The lowest BCUT2D eigenvalue weighted by Crippen LogP contribution is -2.00. The summed E-state index contributed by atoms with van der Waals surface area (Å²) in [4.78, 5) is 0. The van der Waals surface area contributed by atoms with Gasteiger partial charge in [-0.2, -0.15) is 0 Å². The Morgan fingerprint density at radius 2 is 1.74 bits per heavy atom. The molecule has 1 N–H and O–H groups in total. The van der Waals surface area contributed by atoms with Crippen molar-refractivity contribution in [1.82, 2.24) is 0 Å². The van der Waals surface area contributed by atoms with Gasteiger partial charge in [-0.3, -0.25) is 0 Å². The lowest BCUT2D eigenvalue weighted by atomic mass is 10.1. The van der Waals surface area contributed by atoms with Gasteiger partial charge >= 0.3 is 0 Å². The van der Waals surface area contributed by atoms with Crippen LogP contribution in [0.2, 0.25) is 0 Å². The van der Waals surface area contributed by atoms with Gasteiger partial charge in [0, 0.05) is 0 Å². The summed E-state index contributed by atoms with van der Waals surface area (Å²) in [5.41, 5.74) is 0. The molecular weight excluding hydrogens is 236 g/mol. The van der Waals surface area contributed by atoms with Gasteiger partial charge in [0.2, 0.25) is 0 Å². The highest BCUT2D eigenvalue weighted by Crippen LogP contribution is 2.08. The molecule has 0 aromatic heterocycles. The second-order valence-electron chi connectivity index (χ2n) is 5.13. The normalized spacial score (nSPS) is 9.95. The summed E-state index contributed by atoms with van der Waals surface area (Å²) in [6, 6.07) is 9.43. The number of hydrogen-bond donors (Lipinski definition) is 1. The van der Waals surface area contributed by atoms with Gasteiger partial charge in [-0.15, -0.1) is 0 Å². The van der Waals surface area contributed by atoms with E-state index in [9.17, 15) is 0 Å². The van der Waals surface area contributed by atoms with Crippen LogP contribution in [-0.4, -0.2) is 18.3 Å². The number of aliphatic hydroxyl groups is 1. The largest absolute Gasteiger partial charge is 0.491 e. The molecule has 0 aliphatic rings. The maximum absolute atomic E-state index is 8.40. The van der Waals surface area contributed by atoms with Crippen LogP contribution in [0, 0.1) is 5.92 Å². The Bertz CT molecular complexity index is 270. The molecule has 0 aliphatic heterocycles. The lowest BCUT2D eigenvalue weighted by molar-refractivity contribution is 0.201. The number of ether oxygens (including phenoxy) is 1. The van der Waals surface area contributed by atoms with Crippen LogP contribution in [0.15, 0.2) is 30.3 Å². The van der Waals surface area contributed by atoms with Crippen LogP contribution >= 0.6 is 0 Å². The third kappa shape index (κ3) is 13.2. The van der Waals surface area contributed by atoms with E-state index in [0.717, 1.165) is 11.7 Å². The number of aliphatic hydroxyl groups excluding tert-OH is 1. The van der Waals surface area contributed by atoms with E-state index in [1.54, 1.807) is 0 Å². The molecule has 0 bridgehead atoms. The molecule has 0 aliphatic carbocycles. The standard InChI is InChI=1S/C9H20.C8H10O2/c1-4-5-6-7-8-9(2)3;9-6-7-10-8-4-2-1-3-5-8/h9H,4-8H2,1-3H3;1-5,9H,6-7H2. The first-order chi connectivity index (χ1) is 9.20. The average molecular weight is 266 g/mol. The molecule has 1 aromatic carbocycles. The van der Waals surface area contributed by atoms with E-state index >= 15 is 0 Å². The second kappa shape index (κ2) is 13.4. The van der Waals surface area contributed by atoms with Crippen LogP contribution in [0.5, 0.6) is 5.75 Å². The van der Waals surface area contributed by atoms with Gasteiger partial charge in [-0.25, -0.2) is 0 Å². The van der Waals surface area contributed by atoms with Gasteiger partial charge in [0.1, 0.15) is 12.4 Å². The molecule has 2 heteroatoms. The molecule has 19 heavy (non-hydrogen) atoms. The van der Waals surface area contributed by atoms with E-state index in [2.05, 4.69) is 20.8 Å². The zero-order valence-electron chi connectivity index (χ0n) is 12.8. The highest BCUT2D eigenvalue weighted by atomic mass is 16.5. The van der Waals surface area contributed by atoms with Gasteiger partial charge in [-0.05, 0) is 18.1 Å². The molecule has 0 spiro atoms. The molecule has 0 amide bonds. The average Bonchev–Trinajstić information content (AvgIpc) is 2.43. The SMILES string of the molecule is CCCCCCC(C)C.OCCOc1ccccc1. The minimum Gasteiger partial charge on any atom is -0.491 e. The number of rotatable bonds is 8. The minimum atomic E-state index is 0.0644. The summed E-state index contributed by atoms with van der Waals surface area (Å²) in [6.45, 7) is 7.28. The first-order valence-electron chi connectivity index (χ1n) is 7.49. The van der Waals surface area contributed by atoms with Gasteiger partial charge in [0.05, 0.1) is 6.61 Å². The number of benzene rings is 1. The molecule has 0 heterocycles. The lowest BCUT2D eigenvalue weighted by Gasteiger charge is -2.01. The van der Waals surface area contributed by atoms with Crippen LogP contribution in [0.3, 0.4) is 0 Å². The van der Waals surface area contributed by atoms with E-state index in [1.807, 2.05) is 30.3 Å². The van der Waals surface area contributed by atoms with E-state index in [4.69, 9.17) is 9.84 Å². The third-order valence-corrected chi connectivity index (χ3v) is 2.74. The van der Waals surface area contributed by atoms with Gasteiger partial charge < -0.3 is 9.84 Å². The van der Waals surface area contributed by atoms with Gasteiger partial charge in [0.15, 0.2) is 0 Å². The Morgan fingerprint density at radius 3 is 2.26 bits per heavy atom. The number of unbranched alkanes of at least 4 members (excludes halogenated alkanes) is 3. The summed E-state index contributed by atoms with van der Waals surface area (Å²) in [6.07, 6.45) is 7.07.